The lowest BCUT2D eigenvalue weighted by atomic mass is 9.90. The number of anilines is 1. The number of nitrogens with zero attached hydrogens (tertiary/aromatic N) is 1. The summed E-state index contributed by atoms with van der Waals surface area (Å²) < 4.78 is 0. The molecule has 0 spiro atoms. The van der Waals surface area contributed by atoms with Crippen LogP contribution in [0.25, 0.3) is 0 Å². The summed E-state index contributed by atoms with van der Waals surface area (Å²) in [4.78, 5) is 25.2. The monoisotopic (exact) mass is 337 g/mol. The predicted octanol–water partition coefficient (Wildman–Crippen LogP) is 1.82. The predicted molar refractivity (Wildman–Crippen MR) is 93.1 cm³/mol. The highest BCUT2D eigenvalue weighted by Gasteiger charge is 2.30. The third-order valence-corrected chi connectivity index (χ3v) is 4.79. The van der Waals surface area contributed by atoms with Gasteiger partial charge in [0.05, 0.1) is 0 Å². The zero-order chi connectivity index (χ0) is 15.5. The second kappa shape index (κ2) is 7.79. The van der Waals surface area contributed by atoms with E-state index in [0.29, 0.717) is 18.8 Å². The molecule has 2 fully saturated rings. The second-order valence-corrected chi connectivity index (χ2v) is 6.19. The molecule has 3 rings (SSSR count). The number of rotatable bonds is 3. The SMILES string of the molecule is CN(c1ccc(C2CCNCC2)cc1)C1CCC(=O)NC1=O.Cl. The molecule has 2 amide bonds. The van der Waals surface area contributed by atoms with Gasteiger partial charge in [-0.15, -0.1) is 12.4 Å². The van der Waals surface area contributed by atoms with Crippen molar-refractivity contribution in [3.8, 4) is 0 Å². The third kappa shape index (κ3) is 4.03. The van der Waals surface area contributed by atoms with Gasteiger partial charge in [-0.05, 0) is 56.0 Å². The summed E-state index contributed by atoms with van der Waals surface area (Å²) in [6, 6.07) is 8.26. The maximum Gasteiger partial charge on any atom is 0.249 e. The van der Waals surface area contributed by atoms with Crippen molar-refractivity contribution in [2.24, 2.45) is 0 Å². The molecule has 5 nitrogen and oxygen atoms in total. The Morgan fingerprint density at radius 2 is 1.70 bits per heavy atom. The molecule has 1 unspecified atom stereocenters. The van der Waals surface area contributed by atoms with Crippen molar-refractivity contribution < 1.29 is 9.59 Å². The van der Waals surface area contributed by atoms with E-state index in [1.165, 1.54) is 18.4 Å². The quantitative estimate of drug-likeness (QED) is 0.826. The van der Waals surface area contributed by atoms with Gasteiger partial charge in [0, 0.05) is 19.2 Å². The molecule has 0 bridgehead atoms. The number of piperidine rings is 2. The minimum atomic E-state index is -0.262. The summed E-state index contributed by atoms with van der Waals surface area (Å²) in [5, 5.41) is 5.80. The van der Waals surface area contributed by atoms with E-state index in [4.69, 9.17) is 0 Å². The molecular weight excluding hydrogens is 314 g/mol. The summed E-state index contributed by atoms with van der Waals surface area (Å²) in [5.74, 6) is 0.272. The van der Waals surface area contributed by atoms with E-state index in [-0.39, 0.29) is 30.3 Å². The van der Waals surface area contributed by atoms with Crippen LogP contribution in [0.15, 0.2) is 24.3 Å². The number of amides is 2. The van der Waals surface area contributed by atoms with Crippen LogP contribution >= 0.6 is 12.4 Å². The van der Waals surface area contributed by atoms with Crippen LogP contribution in [-0.4, -0.2) is 38.0 Å². The van der Waals surface area contributed by atoms with Crippen molar-refractivity contribution in [1.29, 1.82) is 0 Å². The first-order chi connectivity index (χ1) is 10.6. The largest absolute Gasteiger partial charge is 0.363 e. The van der Waals surface area contributed by atoms with E-state index in [0.717, 1.165) is 18.8 Å². The van der Waals surface area contributed by atoms with E-state index >= 15 is 0 Å². The number of benzene rings is 1. The molecule has 2 N–H and O–H groups in total. The Balaban J connectivity index is 0.00000192. The summed E-state index contributed by atoms with van der Waals surface area (Å²) >= 11 is 0. The standard InChI is InChI=1S/C17H23N3O2.ClH/c1-20(15-6-7-16(21)19-17(15)22)14-4-2-12(3-5-14)13-8-10-18-11-9-13;/h2-5,13,15,18H,6-11H2,1H3,(H,19,21,22);1H. The van der Waals surface area contributed by atoms with Crippen molar-refractivity contribution in [2.75, 3.05) is 25.0 Å². The van der Waals surface area contributed by atoms with Crippen LogP contribution in [0, 0.1) is 0 Å². The van der Waals surface area contributed by atoms with Crippen molar-refractivity contribution in [3.63, 3.8) is 0 Å². The molecule has 2 heterocycles. The molecule has 0 radical (unpaired) electrons. The number of likely N-dealkylation sites (N-methyl/N-ethyl adjacent to an activating group) is 1. The molecule has 0 aromatic heterocycles. The number of halogens is 1. The van der Waals surface area contributed by atoms with Gasteiger partial charge in [-0.1, -0.05) is 12.1 Å². The molecule has 1 atom stereocenters. The van der Waals surface area contributed by atoms with Crippen molar-refractivity contribution in [1.82, 2.24) is 10.6 Å². The number of carbonyl (C=O) groups excluding carboxylic acids is 2. The van der Waals surface area contributed by atoms with Crippen LogP contribution in [0.4, 0.5) is 5.69 Å². The van der Waals surface area contributed by atoms with Crippen LogP contribution in [0.3, 0.4) is 0 Å². The molecule has 2 saturated heterocycles. The summed E-state index contributed by atoms with van der Waals surface area (Å²) in [7, 11) is 1.92. The molecule has 2 aliphatic heterocycles. The Labute approximate surface area is 143 Å². The second-order valence-electron chi connectivity index (χ2n) is 6.19. The van der Waals surface area contributed by atoms with Crippen LogP contribution in [0.2, 0.25) is 0 Å². The van der Waals surface area contributed by atoms with Gasteiger partial charge in [0.1, 0.15) is 6.04 Å². The molecule has 0 aliphatic carbocycles. The Morgan fingerprint density at radius 1 is 1.04 bits per heavy atom. The highest BCUT2D eigenvalue weighted by atomic mass is 35.5. The molecule has 23 heavy (non-hydrogen) atoms. The average molecular weight is 338 g/mol. The van der Waals surface area contributed by atoms with E-state index in [2.05, 4.69) is 34.9 Å². The first-order valence-corrected chi connectivity index (χ1v) is 8.02. The molecule has 126 valence electrons. The molecule has 0 saturated carbocycles. The molecule has 1 aromatic carbocycles. The smallest absolute Gasteiger partial charge is 0.249 e. The van der Waals surface area contributed by atoms with Gasteiger partial charge in [0.25, 0.3) is 0 Å². The van der Waals surface area contributed by atoms with Gasteiger partial charge < -0.3 is 10.2 Å². The fourth-order valence-electron chi connectivity index (χ4n) is 3.37. The molecule has 2 aliphatic rings. The van der Waals surface area contributed by atoms with Crippen molar-refractivity contribution in [2.45, 2.75) is 37.6 Å². The summed E-state index contributed by atoms with van der Waals surface area (Å²) in [6.45, 7) is 2.17. The zero-order valence-electron chi connectivity index (χ0n) is 13.4. The van der Waals surface area contributed by atoms with E-state index < -0.39 is 0 Å². The molecule has 6 heteroatoms. The number of carbonyl (C=O) groups is 2. The van der Waals surface area contributed by atoms with Crippen LogP contribution in [0.1, 0.15) is 37.2 Å². The normalized spacial score (nSPS) is 22.2. The maximum absolute atomic E-state index is 12.0. The Morgan fingerprint density at radius 3 is 2.30 bits per heavy atom. The third-order valence-electron chi connectivity index (χ3n) is 4.79. The van der Waals surface area contributed by atoms with E-state index in [1.54, 1.807) is 0 Å². The van der Waals surface area contributed by atoms with E-state index in [9.17, 15) is 9.59 Å². The minimum Gasteiger partial charge on any atom is -0.363 e. The number of nitrogens with one attached hydrogen (secondary N) is 2. The van der Waals surface area contributed by atoms with Gasteiger partial charge in [-0.25, -0.2) is 0 Å². The van der Waals surface area contributed by atoms with Gasteiger partial charge in [0.2, 0.25) is 11.8 Å². The topological polar surface area (TPSA) is 61.4 Å². The number of imide groups is 1. The zero-order valence-corrected chi connectivity index (χ0v) is 14.2. The molecular formula is C17H24ClN3O2. The van der Waals surface area contributed by atoms with Crippen LogP contribution in [-0.2, 0) is 9.59 Å². The Kier molecular flexibility index (Phi) is 6.02. The first-order valence-electron chi connectivity index (χ1n) is 8.02. The average Bonchev–Trinajstić information content (AvgIpc) is 2.55. The van der Waals surface area contributed by atoms with Gasteiger partial charge in [-0.3, -0.25) is 14.9 Å². The minimum absolute atomic E-state index is 0. The fraction of sp³-hybridized carbons (Fsp3) is 0.529. The van der Waals surface area contributed by atoms with E-state index in [1.807, 2.05) is 11.9 Å². The maximum atomic E-state index is 12.0. The Bertz CT molecular complexity index is 555. The van der Waals surface area contributed by atoms with Crippen LogP contribution < -0.4 is 15.5 Å². The highest BCUT2D eigenvalue weighted by molar-refractivity contribution is 6.01. The Hall–Kier alpha value is -1.59. The van der Waals surface area contributed by atoms with Crippen LogP contribution in [0.5, 0.6) is 0 Å². The van der Waals surface area contributed by atoms with Crippen molar-refractivity contribution in [3.05, 3.63) is 29.8 Å². The lowest BCUT2D eigenvalue weighted by molar-refractivity contribution is -0.134. The highest BCUT2D eigenvalue weighted by Crippen LogP contribution is 2.28. The van der Waals surface area contributed by atoms with Crippen molar-refractivity contribution >= 4 is 29.9 Å². The summed E-state index contributed by atoms with van der Waals surface area (Å²) in [6.07, 6.45) is 3.36. The lowest BCUT2D eigenvalue weighted by Crippen LogP contribution is -2.51. The summed E-state index contributed by atoms with van der Waals surface area (Å²) in [5.41, 5.74) is 2.40. The van der Waals surface area contributed by atoms with Gasteiger partial charge in [0.15, 0.2) is 0 Å². The lowest BCUT2D eigenvalue weighted by Gasteiger charge is -2.31. The number of hydrogen-bond acceptors (Lipinski definition) is 4. The van der Waals surface area contributed by atoms with Gasteiger partial charge >= 0.3 is 0 Å². The fourth-order valence-corrected chi connectivity index (χ4v) is 3.37. The first kappa shape index (κ1) is 17.8. The van der Waals surface area contributed by atoms with Gasteiger partial charge in [-0.2, -0.15) is 0 Å². The molecule has 1 aromatic rings. The number of hydrogen-bond donors (Lipinski definition) is 2.